The van der Waals surface area contributed by atoms with Crippen molar-refractivity contribution >= 4 is 32.5 Å². The number of carbonyl (C=O) groups is 1. The highest BCUT2D eigenvalue weighted by Crippen LogP contribution is 2.16. The lowest BCUT2D eigenvalue weighted by Gasteiger charge is -2.12. The average Bonchev–Trinajstić information content (AvgIpc) is 2.64. The summed E-state index contributed by atoms with van der Waals surface area (Å²) in [6, 6.07) is 12.7. The molecule has 1 aromatic heterocycles. The Morgan fingerprint density at radius 2 is 1.78 bits per heavy atom. The average molecular weight is 386 g/mol. The molecule has 3 aromatic rings. The number of sulfonamides is 1. The molecule has 1 heterocycles. The van der Waals surface area contributed by atoms with E-state index in [2.05, 4.69) is 10.3 Å². The van der Waals surface area contributed by atoms with Crippen molar-refractivity contribution in [2.24, 2.45) is 0 Å². The van der Waals surface area contributed by atoms with Crippen LogP contribution in [0.15, 0.2) is 64.5 Å². The molecule has 0 unspecified atom stereocenters. The van der Waals surface area contributed by atoms with Gasteiger partial charge in [-0.15, -0.1) is 0 Å². The zero-order valence-electron chi connectivity index (χ0n) is 14.8. The van der Waals surface area contributed by atoms with Crippen LogP contribution >= 0.6 is 0 Å². The normalized spacial score (nSPS) is 11.7. The lowest BCUT2D eigenvalue weighted by molar-refractivity contribution is -0.116. The van der Waals surface area contributed by atoms with E-state index < -0.39 is 15.9 Å². The number of amides is 1. The fraction of sp³-hybridized carbons (Fsp3) is 0.167. The molecule has 3 rings (SSSR count). The van der Waals surface area contributed by atoms with Gasteiger partial charge in [0.15, 0.2) is 0 Å². The molecule has 0 bridgehead atoms. The number of aromatic nitrogens is 2. The standard InChI is InChI=1S/C18H18N4O4S/c1-21(2)27(25,26)14-9-7-13(8-10-14)20-17(23)11-22-12-19-16-6-4-3-5-15(16)18(22)24/h3-10,12H,11H2,1-2H3,(H,20,23). The van der Waals surface area contributed by atoms with Gasteiger partial charge in [0.25, 0.3) is 5.56 Å². The van der Waals surface area contributed by atoms with E-state index in [0.717, 1.165) is 4.31 Å². The summed E-state index contributed by atoms with van der Waals surface area (Å²) >= 11 is 0. The number of hydrogen-bond acceptors (Lipinski definition) is 5. The number of rotatable bonds is 5. The highest BCUT2D eigenvalue weighted by Gasteiger charge is 2.17. The largest absolute Gasteiger partial charge is 0.325 e. The molecule has 0 radical (unpaired) electrons. The molecule has 27 heavy (non-hydrogen) atoms. The molecule has 0 saturated heterocycles. The van der Waals surface area contributed by atoms with E-state index in [1.54, 1.807) is 24.3 Å². The van der Waals surface area contributed by atoms with Crippen LogP contribution in [0.2, 0.25) is 0 Å². The molecule has 0 fully saturated rings. The highest BCUT2D eigenvalue weighted by molar-refractivity contribution is 7.89. The van der Waals surface area contributed by atoms with E-state index in [1.165, 1.54) is 49.3 Å². The minimum absolute atomic E-state index is 0.125. The molecule has 0 spiro atoms. The first-order chi connectivity index (χ1) is 12.8. The third kappa shape index (κ3) is 3.88. The molecular formula is C18H18N4O4S. The first-order valence-electron chi connectivity index (χ1n) is 8.05. The van der Waals surface area contributed by atoms with Crippen LogP contribution in [0.1, 0.15) is 0 Å². The quantitative estimate of drug-likeness (QED) is 0.712. The summed E-state index contributed by atoms with van der Waals surface area (Å²) in [6.45, 7) is -0.200. The number of hydrogen-bond donors (Lipinski definition) is 1. The Bertz CT molecular complexity index is 1150. The maximum atomic E-state index is 12.4. The van der Waals surface area contributed by atoms with Crippen molar-refractivity contribution in [2.75, 3.05) is 19.4 Å². The molecule has 0 aliphatic carbocycles. The maximum Gasteiger partial charge on any atom is 0.261 e. The molecule has 140 valence electrons. The summed E-state index contributed by atoms with van der Waals surface area (Å²) in [7, 11) is -0.641. The third-order valence-electron chi connectivity index (χ3n) is 3.96. The van der Waals surface area contributed by atoms with E-state index in [9.17, 15) is 18.0 Å². The van der Waals surface area contributed by atoms with Gasteiger partial charge >= 0.3 is 0 Å². The maximum absolute atomic E-state index is 12.4. The SMILES string of the molecule is CN(C)S(=O)(=O)c1ccc(NC(=O)Cn2cnc3ccccc3c2=O)cc1. The number of benzene rings is 2. The predicted octanol–water partition coefficient (Wildman–Crippen LogP) is 1.29. The fourth-order valence-corrected chi connectivity index (χ4v) is 3.40. The summed E-state index contributed by atoms with van der Waals surface area (Å²) in [4.78, 5) is 28.9. The minimum atomic E-state index is -3.53. The van der Waals surface area contributed by atoms with Crippen LogP contribution in [0.5, 0.6) is 0 Å². The van der Waals surface area contributed by atoms with Crippen LogP contribution in [0.4, 0.5) is 5.69 Å². The van der Waals surface area contributed by atoms with E-state index in [4.69, 9.17) is 0 Å². The Balaban J connectivity index is 1.75. The van der Waals surface area contributed by atoms with Crippen molar-refractivity contribution in [1.82, 2.24) is 13.9 Å². The second-order valence-corrected chi connectivity index (χ2v) is 8.21. The van der Waals surface area contributed by atoms with Crippen LogP contribution in [0.25, 0.3) is 10.9 Å². The third-order valence-corrected chi connectivity index (χ3v) is 5.79. The monoisotopic (exact) mass is 386 g/mol. The summed E-state index contributed by atoms with van der Waals surface area (Å²) in [5.41, 5.74) is 0.694. The molecule has 0 saturated carbocycles. The summed E-state index contributed by atoms with van der Waals surface area (Å²) in [5.74, 6) is -0.419. The van der Waals surface area contributed by atoms with Gasteiger partial charge in [0.1, 0.15) is 6.54 Å². The smallest absolute Gasteiger partial charge is 0.261 e. The van der Waals surface area contributed by atoms with Crippen LogP contribution < -0.4 is 10.9 Å². The summed E-state index contributed by atoms with van der Waals surface area (Å²) < 4.78 is 26.4. The molecule has 1 N–H and O–H groups in total. The molecular weight excluding hydrogens is 368 g/mol. The molecule has 2 aromatic carbocycles. The minimum Gasteiger partial charge on any atom is -0.325 e. The van der Waals surface area contributed by atoms with E-state index in [0.29, 0.717) is 16.6 Å². The van der Waals surface area contributed by atoms with Crippen LogP contribution in [0, 0.1) is 0 Å². The second kappa shape index (κ2) is 7.29. The topological polar surface area (TPSA) is 101 Å². The molecule has 0 aliphatic heterocycles. The predicted molar refractivity (Wildman–Crippen MR) is 102 cm³/mol. The number of anilines is 1. The molecule has 0 aliphatic rings. The van der Waals surface area contributed by atoms with Gasteiger partial charge in [-0.1, -0.05) is 12.1 Å². The molecule has 1 amide bonds. The lowest BCUT2D eigenvalue weighted by atomic mass is 10.2. The van der Waals surface area contributed by atoms with Crippen molar-refractivity contribution < 1.29 is 13.2 Å². The highest BCUT2D eigenvalue weighted by atomic mass is 32.2. The summed E-state index contributed by atoms with van der Waals surface area (Å²) in [5, 5.41) is 3.07. The van der Waals surface area contributed by atoms with Crippen molar-refractivity contribution in [3.05, 3.63) is 65.2 Å². The van der Waals surface area contributed by atoms with Gasteiger partial charge in [0, 0.05) is 19.8 Å². The van der Waals surface area contributed by atoms with Crippen molar-refractivity contribution in [3.63, 3.8) is 0 Å². The fourth-order valence-electron chi connectivity index (χ4n) is 2.50. The number of para-hydroxylation sites is 1. The van der Waals surface area contributed by atoms with Crippen LogP contribution in [0.3, 0.4) is 0 Å². The summed E-state index contributed by atoms with van der Waals surface area (Å²) in [6.07, 6.45) is 1.33. The number of nitrogens with zero attached hydrogens (tertiary/aromatic N) is 3. The van der Waals surface area contributed by atoms with Gasteiger partial charge in [-0.3, -0.25) is 14.2 Å². The Labute approximate surface area is 156 Å². The number of nitrogens with one attached hydrogen (secondary N) is 1. The lowest BCUT2D eigenvalue weighted by Crippen LogP contribution is -2.28. The zero-order chi connectivity index (χ0) is 19.6. The van der Waals surface area contributed by atoms with Crippen LogP contribution in [-0.2, 0) is 21.4 Å². The Morgan fingerprint density at radius 3 is 2.44 bits per heavy atom. The van der Waals surface area contributed by atoms with Crippen molar-refractivity contribution in [3.8, 4) is 0 Å². The van der Waals surface area contributed by atoms with Gasteiger partial charge < -0.3 is 5.32 Å². The Morgan fingerprint density at radius 1 is 1.11 bits per heavy atom. The van der Waals surface area contributed by atoms with Crippen molar-refractivity contribution in [1.29, 1.82) is 0 Å². The second-order valence-electron chi connectivity index (χ2n) is 6.05. The first kappa shape index (κ1) is 18.7. The first-order valence-corrected chi connectivity index (χ1v) is 9.49. The molecule has 9 heteroatoms. The van der Waals surface area contributed by atoms with Gasteiger partial charge in [0.2, 0.25) is 15.9 Å². The number of carbonyl (C=O) groups excluding carboxylic acids is 1. The van der Waals surface area contributed by atoms with Gasteiger partial charge in [-0.25, -0.2) is 17.7 Å². The molecule has 8 nitrogen and oxygen atoms in total. The van der Waals surface area contributed by atoms with E-state index in [1.807, 2.05) is 0 Å². The number of fused-ring (bicyclic) bond motifs is 1. The van der Waals surface area contributed by atoms with Crippen LogP contribution in [-0.4, -0.2) is 42.3 Å². The zero-order valence-corrected chi connectivity index (χ0v) is 15.6. The van der Waals surface area contributed by atoms with E-state index in [-0.39, 0.29) is 17.0 Å². The van der Waals surface area contributed by atoms with Gasteiger partial charge in [-0.2, -0.15) is 0 Å². The Hall–Kier alpha value is -3.04. The Kier molecular flexibility index (Phi) is 5.06. The van der Waals surface area contributed by atoms with Gasteiger partial charge in [-0.05, 0) is 36.4 Å². The van der Waals surface area contributed by atoms with Gasteiger partial charge in [0.05, 0.1) is 22.1 Å². The van der Waals surface area contributed by atoms with E-state index >= 15 is 0 Å². The van der Waals surface area contributed by atoms with Crippen molar-refractivity contribution in [2.45, 2.75) is 11.4 Å². The molecule has 0 atom stereocenters.